The summed E-state index contributed by atoms with van der Waals surface area (Å²) in [6.45, 7) is 1.97. The third kappa shape index (κ3) is 7.39. The highest BCUT2D eigenvalue weighted by Gasteiger charge is 2.30. The van der Waals surface area contributed by atoms with Gasteiger partial charge in [-0.1, -0.05) is 35.0 Å². The van der Waals surface area contributed by atoms with Gasteiger partial charge in [0.25, 0.3) is 0 Å². The molecule has 2 aromatic carbocycles. The number of esters is 1. The molecule has 1 atom stereocenters. The molecule has 0 amide bonds. The Morgan fingerprint density at radius 2 is 1.91 bits per heavy atom. The highest BCUT2D eigenvalue weighted by Crippen LogP contribution is 2.38. The Morgan fingerprint density at radius 3 is 2.60 bits per heavy atom. The first-order chi connectivity index (χ1) is 21.3. The standard InChI is InChI=1S/C33H32F2N4O3S2.H2O/c1-2-42-32(40)28-19-43-33(37-28)39-29(17-21-7-8-21)25(15-22-10-14-30(44(36)41)27(35)16-22)31(38-39)24-12-13-26(34)23(18-24)11-9-20-5-3-4-6-20;/h10,12-14,16,18-21H,2-8,15,17H2,1H3,(H2,36,41);1H2. The second-order valence-corrected chi connectivity index (χ2v) is 13.3. The van der Waals surface area contributed by atoms with E-state index in [1.165, 1.54) is 29.5 Å². The van der Waals surface area contributed by atoms with Crippen LogP contribution < -0.4 is 5.14 Å². The Labute approximate surface area is 266 Å². The van der Waals surface area contributed by atoms with Crippen molar-refractivity contribution in [3.8, 4) is 28.2 Å². The van der Waals surface area contributed by atoms with E-state index in [4.69, 9.17) is 15.0 Å². The molecule has 6 rings (SSSR count). The average molecular weight is 653 g/mol. The maximum Gasteiger partial charge on any atom is 0.357 e. The van der Waals surface area contributed by atoms with Gasteiger partial charge in [0.15, 0.2) is 22.5 Å². The molecule has 45 heavy (non-hydrogen) atoms. The van der Waals surface area contributed by atoms with Crippen LogP contribution >= 0.6 is 11.3 Å². The minimum atomic E-state index is -2.32. The summed E-state index contributed by atoms with van der Waals surface area (Å²) < 4.78 is 48.5. The third-order valence-corrected chi connectivity index (χ3v) is 9.72. The van der Waals surface area contributed by atoms with E-state index in [2.05, 4.69) is 16.8 Å². The van der Waals surface area contributed by atoms with Gasteiger partial charge in [0.2, 0.25) is 10.0 Å². The van der Waals surface area contributed by atoms with Crippen LogP contribution in [0.3, 0.4) is 0 Å². The molecule has 2 aliphatic carbocycles. The van der Waals surface area contributed by atoms with Crippen LogP contribution in [0, 0.1) is 35.3 Å². The maximum absolute atomic E-state index is 15.0. The molecule has 0 bridgehead atoms. The molecule has 1 unspecified atom stereocenters. The zero-order valence-corrected chi connectivity index (χ0v) is 26.5. The number of benzene rings is 2. The zero-order valence-electron chi connectivity index (χ0n) is 24.8. The highest BCUT2D eigenvalue weighted by atomic mass is 32.2. The molecule has 3 N–H and O–H groups in total. The molecule has 2 saturated carbocycles. The number of rotatable bonds is 9. The van der Waals surface area contributed by atoms with Gasteiger partial charge in [-0.2, -0.15) is 5.10 Å². The van der Waals surface area contributed by atoms with Crippen LogP contribution in [0.1, 0.15) is 78.3 Å². The summed E-state index contributed by atoms with van der Waals surface area (Å²) in [6, 6.07) is 9.33. The summed E-state index contributed by atoms with van der Waals surface area (Å²) in [5, 5.41) is 12.6. The highest BCUT2D eigenvalue weighted by molar-refractivity contribution is 7.82. The lowest BCUT2D eigenvalue weighted by atomic mass is 9.96. The van der Waals surface area contributed by atoms with Gasteiger partial charge < -0.3 is 10.2 Å². The van der Waals surface area contributed by atoms with Crippen LogP contribution in [0.2, 0.25) is 0 Å². The van der Waals surface area contributed by atoms with Crippen molar-refractivity contribution in [1.82, 2.24) is 14.8 Å². The summed E-state index contributed by atoms with van der Waals surface area (Å²) in [6.07, 6.45) is 7.53. The fourth-order valence-electron chi connectivity index (χ4n) is 5.59. The fourth-order valence-corrected chi connectivity index (χ4v) is 6.85. The molecule has 4 aromatic rings. The molecule has 0 spiro atoms. The third-order valence-electron chi connectivity index (χ3n) is 8.06. The van der Waals surface area contributed by atoms with Crippen LogP contribution in [-0.4, -0.2) is 32.8 Å². The molecule has 0 aliphatic heterocycles. The lowest BCUT2D eigenvalue weighted by Crippen LogP contribution is -2.08. The van der Waals surface area contributed by atoms with E-state index in [-0.39, 0.29) is 28.6 Å². The maximum atomic E-state index is 15.0. The van der Waals surface area contributed by atoms with Gasteiger partial charge in [-0.3, -0.25) is 0 Å². The molecule has 0 radical (unpaired) electrons. The van der Waals surface area contributed by atoms with Crippen molar-refractivity contribution in [3.63, 3.8) is 0 Å². The molecular formula is C33H34F2N4O4S2. The zero-order chi connectivity index (χ0) is 30.8. The number of hydrogen-bond acceptors (Lipinski definition) is 7. The SMILES string of the molecule is CCOC(=O)c1csc(-n2nc(-c3ccc(F)c(C#CC4CCCC4)c3)c(Cc3ccc([SH+](N)=O)c(F)c3)c2CC2CC2)n1.[OH-]. The van der Waals surface area contributed by atoms with Crippen molar-refractivity contribution in [2.24, 2.45) is 17.0 Å². The first kappa shape index (κ1) is 32.6. The minimum absolute atomic E-state index is 0. The summed E-state index contributed by atoms with van der Waals surface area (Å²) in [4.78, 5) is 16.9. The molecule has 2 fully saturated rings. The Kier molecular flexibility index (Phi) is 10.2. The lowest BCUT2D eigenvalue weighted by molar-refractivity contribution is 0.0520. The molecule has 0 saturated heterocycles. The van der Waals surface area contributed by atoms with Gasteiger partial charge in [-0.15, -0.1) is 16.5 Å². The Hall–Kier alpha value is -3.76. The number of aromatic nitrogens is 3. The van der Waals surface area contributed by atoms with E-state index in [9.17, 15) is 17.8 Å². The Bertz CT molecular complexity index is 1800. The molecule has 2 aromatic heterocycles. The van der Waals surface area contributed by atoms with Crippen LogP contribution in [0.4, 0.5) is 8.78 Å². The molecule has 2 heterocycles. The molecule has 12 heteroatoms. The number of carbonyl (C=O) groups excluding carboxylic acids is 1. The van der Waals surface area contributed by atoms with Crippen molar-refractivity contribution in [3.05, 3.63) is 81.5 Å². The van der Waals surface area contributed by atoms with Crippen molar-refractivity contribution >= 4 is 28.3 Å². The van der Waals surface area contributed by atoms with Gasteiger partial charge in [0, 0.05) is 28.8 Å². The predicted octanol–water partition coefficient (Wildman–Crippen LogP) is 6.29. The number of thiol groups is 1. The van der Waals surface area contributed by atoms with Gasteiger partial charge in [-0.25, -0.2) is 23.2 Å². The Morgan fingerprint density at radius 1 is 1.13 bits per heavy atom. The topological polar surface area (TPSA) is 130 Å². The van der Waals surface area contributed by atoms with E-state index >= 15 is 0 Å². The molecule has 8 nitrogen and oxygen atoms in total. The van der Waals surface area contributed by atoms with E-state index in [1.807, 2.05) is 0 Å². The number of thiazole rings is 1. The number of nitrogens with zero attached hydrogens (tertiary/aromatic N) is 3. The number of halogens is 2. The second-order valence-electron chi connectivity index (χ2n) is 11.3. The first-order valence-corrected chi connectivity index (χ1v) is 17.1. The lowest BCUT2D eigenvalue weighted by Gasteiger charge is -2.09. The predicted molar refractivity (Wildman–Crippen MR) is 169 cm³/mol. The van der Waals surface area contributed by atoms with Gasteiger partial charge >= 0.3 is 5.97 Å². The van der Waals surface area contributed by atoms with E-state index in [1.54, 1.807) is 35.2 Å². The first-order valence-electron chi connectivity index (χ1n) is 14.9. The van der Waals surface area contributed by atoms with Crippen molar-refractivity contribution in [2.45, 2.75) is 63.2 Å². The van der Waals surface area contributed by atoms with Crippen molar-refractivity contribution in [2.75, 3.05) is 6.61 Å². The number of carbonyl (C=O) groups is 1. The molecule has 236 valence electrons. The van der Waals surface area contributed by atoms with Crippen molar-refractivity contribution < 1.29 is 28.0 Å². The largest absolute Gasteiger partial charge is 0.870 e. The quantitative estimate of drug-likeness (QED) is 0.0980. The van der Waals surface area contributed by atoms with Crippen LogP contribution in [0.5, 0.6) is 0 Å². The van der Waals surface area contributed by atoms with Crippen LogP contribution in [-0.2, 0) is 32.8 Å². The smallest absolute Gasteiger partial charge is 0.357 e. The second kappa shape index (κ2) is 14.1. The number of ether oxygens (including phenoxy) is 1. The molecule has 2 aliphatic rings. The average Bonchev–Trinajstić information content (AvgIpc) is 3.35. The summed E-state index contributed by atoms with van der Waals surface area (Å²) >= 11 is 1.28. The monoisotopic (exact) mass is 652 g/mol. The fraction of sp³-hybridized carbons (Fsp3) is 0.364. The summed E-state index contributed by atoms with van der Waals surface area (Å²) in [7, 11) is -2.32. The van der Waals surface area contributed by atoms with E-state index in [0.29, 0.717) is 46.3 Å². The Balaban J connectivity index is 0.00000400. The number of hydrogen-bond donors (Lipinski definition) is 1. The van der Waals surface area contributed by atoms with E-state index in [0.717, 1.165) is 49.8 Å². The van der Waals surface area contributed by atoms with E-state index < -0.39 is 28.6 Å². The van der Waals surface area contributed by atoms with Crippen LogP contribution in [0.25, 0.3) is 16.4 Å². The minimum Gasteiger partial charge on any atom is -0.870 e. The summed E-state index contributed by atoms with van der Waals surface area (Å²) in [5.74, 6) is 5.52. The number of nitrogens with two attached hydrogens (primary N) is 1. The van der Waals surface area contributed by atoms with Crippen LogP contribution in [0.15, 0.2) is 46.7 Å². The van der Waals surface area contributed by atoms with Gasteiger partial charge in [0.1, 0.15) is 5.82 Å². The normalized spacial score (nSPS) is 15.3. The molecular weight excluding hydrogens is 619 g/mol. The van der Waals surface area contributed by atoms with Gasteiger partial charge in [-0.05, 0) is 80.8 Å². The van der Waals surface area contributed by atoms with Crippen molar-refractivity contribution in [1.29, 1.82) is 0 Å². The summed E-state index contributed by atoms with van der Waals surface area (Å²) in [5.41, 5.74) is 4.17. The van der Waals surface area contributed by atoms with Gasteiger partial charge in [0.05, 0.1) is 23.6 Å².